The summed E-state index contributed by atoms with van der Waals surface area (Å²) in [5.74, 6) is 0. The van der Waals surface area contributed by atoms with Crippen LogP contribution in [0.5, 0.6) is 0 Å². The van der Waals surface area contributed by atoms with Crippen molar-refractivity contribution in [2.45, 2.75) is 19.9 Å². The number of hydrogen-bond donors (Lipinski definition) is 2. The van der Waals surface area contributed by atoms with Crippen LogP contribution in [0.4, 0.5) is 0 Å². The van der Waals surface area contributed by atoms with Crippen LogP contribution in [0.1, 0.15) is 39.7 Å². The Hall–Kier alpha value is -6.49. The maximum absolute atomic E-state index is 8.90. The minimum atomic E-state index is -0.346. The first-order valence-electron chi connectivity index (χ1n) is 17.5. The topological polar surface area (TPSA) is 59.7 Å². The molecule has 1 unspecified atom stereocenters. The first kappa shape index (κ1) is 34.0. The largest absolute Gasteiger partial charge is 0.321 e. The number of hydrogen-bond acceptors (Lipinski definition) is 2. The summed E-state index contributed by atoms with van der Waals surface area (Å²) < 4.78 is 4.55. The van der Waals surface area contributed by atoms with Crippen LogP contribution in [-0.2, 0) is 0 Å². The summed E-state index contributed by atoms with van der Waals surface area (Å²) in [5.41, 5.74) is 20.2. The zero-order chi connectivity index (χ0) is 36.2. The van der Waals surface area contributed by atoms with Crippen LogP contribution in [0.15, 0.2) is 171 Å². The second-order valence-electron chi connectivity index (χ2n) is 12.9. The van der Waals surface area contributed by atoms with Gasteiger partial charge in [-0.05, 0) is 96.3 Å². The highest BCUT2D eigenvalue weighted by atomic mass is 15.0. The Bertz CT molecular complexity index is 2440. The average molecular weight is 675 g/mol. The maximum Gasteiger partial charge on any atom is 0.0610 e. The minimum Gasteiger partial charge on any atom is -0.321 e. The first-order valence-corrected chi connectivity index (χ1v) is 17.5. The second kappa shape index (κ2) is 14.8. The quantitative estimate of drug-likeness (QED) is 0.104. The first-order chi connectivity index (χ1) is 25.4. The molecule has 4 heteroatoms. The molecule has 1 atom stereocenters. The number of nitrogens with zero attached hydrogens (tertiary/aromatic N) is 2. The van der Waals surface area contributed by atoms with Crippen LogP contribution >= 0.6 is 0 Å². The van der Waals surface area contributed by atoms with E-state index in [0.717, 1.165) is 56.0 Å². The third-order valence-electron chi connectivity index (χ3n) is 9.81. The number of allylic oxidation sites excluding steroid dienone is 5. The Morgan fingerprint density at radius 3 is 1.73 bits per heavy atom. The van der Waals surface area contributed by atoms with E-state index >= 15 is 0 Å². The standard InChI is InChI=1S/C48H42N4/c1-5-7-18-45-33(3)34(4)46(19-8-6-2)51(45)39-28-26-36(27-29-39)35-22-24-37(25-23-35)43(49)30-31-44(50)38-14-13-15-40(32-38)52-47-20-11-9-16-41(47)42-17-10-12-21-48(42)52/h5-32,43,50H,1-2,49H2,3-4H3/b18-7-,19-8-,31-30-,50-44?. The van der Waals surface area contributed by atoms with Gasteiger partial charge in [0.25, 0.3) is 0 Å². The van der Waals surface area contributed by atoms with E-state index in [4.69, 9.17) is 11.1 Å². The number of fused-ring (bicyclic) bond motifs is 3. The van der Waals surface area contributed by atoms with Gasteiger partial charge in [-0.2, -0.15) is 0 Å². The number of benzene rings is 5. The van der Waals surface area contributed by atoms with Gasteiger partial charge < -0.3 is 20.3 Å². The van der Waals surface area contributed by atoms with Crippen molar-refractivity contribution >= 4 is 39.7 Å². The molecule has 2 heterocycles. The predicted molar refractivity (Wildman–Crippen MR) is 223 cm³/mol. The molecule has 4 nitrogen and oxygen atoms in total. The number of para-hydroxylation sites is 2. The van der Waals surface area contributed by atoms with Gasteiger partial charge in [0, 0.05) is 45.1 Å². The van der Waals surface area contributed by atoms with Crippen LogP contribution in [-0.4, -0.2) is 14.8 Å². The van der Waals surface area contributed by atoms with E-state index in [0.29, 0.717) is 5.71 Å². The summed E-state index contributed by atoms with van der Waals surface area (Å²) in [7, 11) is 0. The molecule has 254 valence electrons. The van der Waals surface area contributed by atoms with Crippen molar-refractivity contribution in [3.05, 3.63) is 205 Å². The summed E-state index contributed by atoms with van der Waals surface area (Å²) in [5, 5.41) is 11.3. The lowest BCUT2D eigenvalue weighted by molar-refractivity contribution is 0.912. The highest BCUT2D eigenvalue weighted by Gasteiger charge is 2.16. The number of rotatable bonds is 11. The van der Waals surface area contributed by atoms with Crippen LogP contribution in [0, 0.1) is 19.3 Å². The zero-order valence-corrected chi connectivity index (χ0v) is 29.6. The van der Waals surface area contributed by atoms with Gasteiger partial charge in [-0.15, -0.1) is 0 Å². The van der Waals surface area contributed by atoms with Crippen LogP contribution < -0.4 is 5.73 Å². The van der Waals surface area contributed by atoms with Crippen LogP contribution in [0.3, 0.4) is 0 Å². The zero-order valence-electron chi connectivity index (χ0n) is 29.6. The van der Waals surface area contributed by atoms with Crippen LogP contribution in [0.25, 0.3) is 56.5 Å². The normalized spacial score (nSPS) is 12.4. The lowest BCUT2D eigenvalue weighted by Gasteiger charge is -2.13. The number of nitrogens with two attached hydrogens (primary N) is 1. The fourth-order valence-corrected chi connectivity index (χ4v) is 6.97. The van der Waals surface area contributed by atoms with Gasteiger partial charge in [-0.25, -0.2) is 0 Å². The van der Waals surface area contributed by atoms with Gasteiger partial charge in [0.05, 0.1) is 16.7 Å². The van der Waals surface area contributed by atoms with E-state index in [1.807, 2.05) is 36.4 Å². The third kappa shape index (κ3) is 6.44. The Kier molecular flexibility index (Phi) is 9.66. The van der Waals surface area contributed by atoms with Gasteiger partial charge in [-0.1, -0.05) is 128 Å². The molecule has 0 saturated heterocycles. The van der Waals surface area contributed by atoms with Crippen molar-refractivity contribution in [2.24, 2.45) is 5.73 Å². The monoisotopic (exact) mass is 674 g/mol. The van der Waals surface area contributed by atoms with E-state index in [9.17, 15) is 0 Å². The smallest absolute Gasteiger partial charge is 0.0610 e. The Morgan fingerprint density at radius 2 is 1.17 bits per heavy atom. The Morgan fingerprint density at radius 1 is 0.635 bits per heavy atom. The van der Waals surface area contributed by atoms with Crippen molar-refractivity contribution < 1.29 is 0 Å². The third-order valence-corrected chi connectivity index (χ3v) is 9.81. The Labute approximate surface area is 306 Å². The van der Waals surface area contributed by atoms with E-state index in [-0.39, 0.29) is 6.04 Å². The molecule has 0 bridgehead atoms. The summed E-state index contributed by atoms with van der Waals surface area (Å²) in [6.07, 6.45) is 15.5. The molecule has 2 aromatic heterocycles. The van der Waals surface area contributed by atoms with Gasteiger partial charge in [0.1, 0.15) is 0 Å². The van der Waals surface area contributed by atoms with Crippen molar-refractivity contribution in [3.63, 3.8) is 0 Å². The molecule has 0 aliphatic carbocycles. The molecule has 0 radical (unpaired) electrons. The molecule has 0 aliphatic heterocycles. The molecule has 7 aromatic rings. The van der Waals surface area contributed by atoms with Crippen molar-refractivity contribution in [1.82, 2.24) is 9.13 Å². The summed E-state index contributed by atoms with van der Waals surface area (Å²) in [6.45, 7) is 12.0. The van der Waals surface area contributed by atoms with Crippen LogP contribution in [0.2, 0.25) is 0 Å². The number of nitrogens with one attached hydrogen (secondary N) is 1. The summed E-state index contributed by atoms with van der Waals surface area (Å²) >= 11 is 0. The average Bonchev–Trinajstić information content (AvgIpc) is 3.65. The van der Waals surface area contributed by atoms with E-state index in [1.54, 1.807) is 12.2 Å². The van der Waals surface area contributed by atoms with Gasteiger partial charge in [0.2, 0.25) is 0 Å². The fourth-order valence-electron chi connectivity index (χ4n) is 6.97. The SMILES string of the molecule is C=C/C=C\c1c(C)c(C)c(/C=C\C=C)n1-c1ccc(-c2ccc(C(N)/C=C\C(=N)c3cccc(-n4c5ccccc5c5ccccc54)c3)cc2)cc1. The molecule has 0 fully saturated rings. The molecule has 3 N–H and O–H groups in total. The summed E-state index contributed by atoms with van der Waals surface area (Å²) in [4.78, 5) is 0. The molecular weight excluding hydrogens is 633 g/mol. The number of aromatic nitrogens is 2. The predicted octanol–water partition coefficient (Wildman–Crippen LogP) is 11.9. The lowest BCUT2D eigenvalue weighted by Crippen LogP contribution is -2.08. The van der Waals surface area contributed by atoms with Crippen molar-refractivity contribution in [3.8, 4) is 22.5 Å². The van der Waals surface area contributed by atoms with Gasteiger partial charge >= 0.3 is 0 Å². The van der Waals surface area contributed by atoms with Crippen molar-refractivity contribution in [1.29, 1.82) is 5.41 Å². The minimum absolute atomic E-state index is 0.346. The molecule has 0 spiro atoms. The fraction of sp³-hybridized carbons (Fsp3) is 0.0625. The summed E-state index contributed by atoms with van der Waals surface area (Å²) in [6, 6.07) is 41.7. The van der Waals surface area contributed by atoms with Gasteiger partial charge in [-0.3, -0.25) is 0 Å². The molecule has 5 aromatic carbocycles. The maximum atomic E-state index is 8.90. The molecule has 0 amide bonds. The lowest BCUT2D eigenvalue weighted by atomic mass is 10.00. The molecule has 52 heavy (non-hydrogen) atoms. The molecular formula is C48H42N4. The van der Waals surface area contributed by atoms with Gasteiger partial charge in [0.15, 0.2) is 0 Å². The Balaban J connectivity index is 1.09. The highest BCUT2D eigenvalue weighted by molar-refractivity contribution is 6.10. The molecule has 0 saturated carbocycles. The van der Waals surface area contributed by atoms with E-state index in [2.05, 4.69) is 157 Å². The van der Waals surface area contributed by atoms with Crippen molar-refractivity contribution in [2.75, 3.05) is 0 Å². The molecule has 7 rings (SSSR count). The molecule has 0 aliphatic rings. The highest BCUT2D eigenvalue weighted by Crippen LogP contribution is 2.33. The van der Waals surface area contributed by atoms with E-state index in [1.165, 1.54) is 21.9 Å². The van der Waals surface area contributed by atoms with E-state index < -0.39 is 0 Å². The second-order valence-corrected chi connectivity index (χ2v) is 12.9.